The van der Waals surface area contributed by atoms with Gasteiger partial charge in [-0.15, -0.1) is 11.3 Å². The fraction of sp³-hybridized carbons (Fsp3) is 0.333. The molecular formula is C24H26ClF2N3O3S2. The van der Waals surface area contributed by atoms with E-state index in [1.807, 2.05) is 20.8 Å². The lowest BCUT2D eigenvalue weighted by atomic mass is 10.1. The summed E-state index contributed by atoms with van der Waals surface area (Å²) in [5.74, 6) is -1.80. The van der Waals surface area contributed by atoms with Gasteiger partial charge in [-0.05, 0) is 70.5 Å². The van der Waals surface area contributed by atoms with Crippen LogP contribution < -0.4 is 9.62 Å². The van der Waals surface area contributed by atoms with Gasteiger partial charge in [-0.1, -0.05) is 11.6 Å². The number of benzene rings is 2. The Morgan fingerprint density at radius 1 is 1.17 bits per heavy atom. The Balaban J connectivity index is 1.95. The third-order valence-electron chi connectivity index (χ3n) is 4.91. The van der Waals surface area contributed by atoms with Crippen LogP contribution >= 0.6 is 22.9 Å². The number of aromatic nitrogens is 1. The van der Waals surface area contributed by atoms with E-state index in [1.54, 1.807) is 13.1 Å². The number of hydrogen-bond donors (Lipinski definition) is 1. The molecule has 1 heterocycles. The number of amides is 1. The molecule has 11 heteroatoms. The number of nitrogens with one attached hydrogen (secondary N) is 1. The quantitative estimate of drug-likeness (QED) is 0.386. The van der Waals surface area contributed by atoms with Crippen LogP contribution in [0.1, 0.15) is 50.0 Å². The molecule has 1 aromatic heterocycles. The number of sulfonamides is 1. The molecule has 1 amide bonds. The monoisotopic (exact) mass is 541 g/mol. The highest BCUT2D eigenvalue weighted by Gasteiger charge is 2.34. The number of nitrogens with zero attached hydrogens (tertiary/aromatic N) is 2. The molecule has 3 aromatic rings. The molecule has 1 N–H and O–H groups in total. The average Bonchev–Trinajstić information content (AvgIpc) is 3.23. The van der Waals surface area contributed by atoms with Gasteiger partial charge in [0.05, 0.1) is 16.6 Å². The van der Waals surface area contributed by atoms with Crippen molar-refractivity contribution in [3.8, 4) is 0 Å². The second kappa shape index (κ2) is 10.6. The van der Waals surface area contributed by atoms with Crippen molar-refractivity contribution in [3.05, 3.63) is 75.2 Å². The minimum absolute atomic E-state index is 0.116. The number of rotatable bonds is 8. The van der Waals surface area contributed by atoms with Crippen molar-refractivity contribution in [2.75, 3.05) is 4.31 Å². The summed E-state index contributed by atoms with van der Waals surface area (Å²) in [5, 5.41) is 3.59. The number of thiazole rings is 1. The Bertz CT molecular complexity index is 1310. The third kappa shape index (κ3) is 6.77. The van der Waals surface area contributed by atoms with Gasteiger partial charge in [-0.2, -0.15) is 0 Å². The van der Waals surface area contributed by atoms with Crippen LogP contribution in [0.15, 0.2) is 53.6 Å². The van der Waals surface area contributed by atoms with Gasteiger partial charge >= 0.3 is 0 Å². The van der Waals surface area contributed by atoms with E-state index in [9.17, 15) is 22.0 Å². The SMILES string of the molecule is CC(c1ncc(CCC(=O)NC(C)(C)C)s1)N(c1cc(F)ccc1F)S(=O)(=O)c1ccc(Cl)cc1. The molecule has 188 valence electrons. The van der Waals surface area contributed by atoms with Gasteiger partial charge in [-0.3, -0.25) is 9.10 Å². The fourth-order valence-corrected chi connectivity index (χ4v) is 6.14. The fourth-order valence-electron chi connectivity index (χ4n) is 3.37. The van der Waals surface area contributed by atoms with E-state index in [1.165, 1.54) is 35.6 Å². The normalized spacial score (nSPS) is 12.9. The number of carbonyl (C=O) groups excluding carboxylic acids is 1. The van der Waals surface area contributed by atoms with Crippen LogP contribution in [-0.4, -0.2) is 24.8 Å². The lowest BCUT2D eigenvalue weighted by Gasteiger charge is -2.29. The largest absolute Gasteiger partial charge is 0.351 e. The molecule has 1 unspecified atom stereocenters. The smallest absolute Gasteiger partial charge is 0.265 e. The van der Waals surface area contributed by atoms with Crippen molar-refractivity contribution in [2.24, 2.45) is 0 Å². The minimum atomic E-state index is -4.32. The highest BCUT2D eigenvalue weighted by atomic mass is 35.5. The van der Waals surface area contributed by atoms with E-state index in [4.69, 9.17) is 11.6 Å². The van der Waals surface area contributed by atoms with Crippen LogP contribution in [0.25, 0.3) is 0 Å². The maximum absolute atomic E-state index is 14.8. The van der Waals surface area contributed by atoms with Gasteiger partial charge in [0.1, 0.15) is 16.6 Å². The lowest BCUT2D eigenvalue weighted by Crippen LogP contribution is -2.40. The summed E-state index contributed by atoms with van der Waals surface area (Å²) in [5.41, 5.74) is -0.788. The summed E-state index contributed by atoms with van der Waals surface area (Å²) in [4.78, 5) is 17.1. The maximum Gasteiger partial charge on any atom is 0.265 e. The summed E-state index contributed by atoms with van der Waals surface area (Å²) in [6.45, 7) is 7.21. The van der Waals surface area contributed by atoms with E-state index < -0.39 is 33.4 Å². The van der Waals surface area contributed by atoms with E-state index in [0.717, 1.165) is 27.4 Å². The number of anilines is 1. The van der Waals surface area contributed by atoms with Crippen LogP contribution in [0, 0.1) is 11.6 Å². The van der Waals surface area contributed by atoms with Crippen molar-refractivity contribution in [1.82, 2.24) is 10.3 Å². The van der Waals surface area contributed by atoms with E-state index in [2.05, 4.69) is 10.3 Å². The molecule has 0 radical (unpaired) electrons. The van der Waals surface area contributed by atoms with E-state index in [-0.39, 0.29) is 22.8 Å². The van der Waals surface area contributed by atoms with Gasteiger partial charge in [0.15, 0.2) is 0 Å². The van der Waals surface area contributed by atoms with Gasteiger partial charge in [0.25, 0.3) is 10.0 Å². The van der Waals surface area contributed by atoms with Crippen LogP contribution in [-0.2, 0) is 21.2 Å². The highest BCUT2D eigenvalue weighted by Crippen LogP contribution is 2.37. The standard InChI is InChI=1S/C24H26ClF2N3O3S2/c1-15(23-28-14-18(34-23)8-12-22(31)29-24(2,3)4)30(21-13-17(26)7-11-20(21)27)35(32,33)19-9-5-16(25)6-10-19/h5-7,9-11,13-15H,8,12H2,1-4H3,(H,29,31). The Hall–Kier alpha value is -2.56. The van der Waals surface area contributed by atoms with Crippen molar-refractivity contribution >= 4 is 44.6 Å². The summed E-state index contributed by atoms with van der Waals surface area (Å²) in [6, 6.07) is 7.08. The summed E-state index contributed by atoms with van der Waals surface area (Å²) >= 11 is 7.11. The molecule has 0 aliphatic carbocycles. The van der Waals surface area contributed by atoms with Crippen molar-refractivity contribution in [2.45, 2.75) is 57.0 Å². The molecule has 0 saturated carbocycles. The highest BCUT2D eigenvalue weighted by molar-refractivity contribution is 7.92. The maximum atomic E-state index is 14.8. The molecular weight excluding hydrogens is 516 g/mol. The van der Waals surface area contributed by atoms with Gasteiger partial charge in [0, 0.05) is 34.1 Å². The molecule has 2 aromatic carbocycles. The second-order valence-electron chi connectivity index (χ2n) is 8.99. The third-order valence-corrected chi connectivity index (χ3v) is 8.29. The summed E-state index contributed by atoms with van der Waals surface area (Å²) in [6.07, 6.45) is 2.21. The molecule has 35 heavy (non-hydrogen) atoms. The molecule has 0 aliphatic heterocycles. The Morgan fingerprint density at radius 3 is 2.46 bits per heavy atom. The zero-order valence-corrected chi connectivity index (χ0v) is 22.1. The van der Waals surface area contributed by atoms with Gasteiger partial charge < -0.3 is 5.32 Å². The molecule has 0 aliphatic rings. The lowest BCUT2D eigenvalue weighted by molar-refractivity contribution is -0.122. The summed E-state index contributed by atoms with van der Waals surface area (Å²) < 4.78 is 56.9. The van der Waals surface area contributed by atoms with Crippen LogP contribution in [0.5, 0.6) is 0 Å². The first-order valence-electron chi connectivity index (χ1n) is 10.8. The zero-order chi connectivity index (χ0) is 26.0. The first-order chi connectivity index (χ1) is 16.3. The van der Waals surface area contributed by atoms with Crippen molar-refractivity contribution < 1.29 is 22.0 Å². The molecule has 1 atom stereocenters. The zero-order valence-electron chi connectivity index (χ0n) is 19.7. The van der Waals surface area contributed by atoms with E-state index >= 15 is 0 Å². The predicted octanol–water partition coefficient (Wildman–Crippen LogP) is 5.88. The summed E-state index contributed by atoms with van der Waals surface area (Å²) in [7, 11) is -4.32. The van der Waals surface area contributed by atoms with Crippen LogP contribution in [0.4, 0.5) is 14.5 Å². The van der Waals surface area contributed by atoms with Gasteiger partial charge in [-0.25, -0.2) is 22.2 Å². The van der Waals surface area contributed by atoms with E-state index in [0.29, 0.717) is 16.5 Å². The molecule has 0 bridgehead atoms. The minimum Gasteiger partial charge on any atom is -0.351 e. The Labute approximate surface area is 213 Å². The molecule has 0 spiro atoms. The first-order valence-corrected chi connectivity index (χ1v) is 13.4. The predicted molar refractivity (Wildman–Crippen MR) is 134 cm³/mol. The second-order valence-corrected chi connectivity index (χ2v) is 12.4. The topological polar surface area (TPSA) is 79.4 Å². The average molecular weight is 542 g/mol. The first kappa shape index (κ1) is 27.0. The van der Waals surface area contributed by atoms with Crippen LogP contribution in [0.2, 0.25) is 5.02 Å². The molecule has 6 nitrogen and oxygen atoms in total. The van der Waals surface area contributed by atoms with Gasteiger partial charge in [0.2, 0.25) is 5.91 Å². The van der Waals surface area contributed by atoms with Crippen LogP contribution in [0.3, 0.4) is 0 Å². The molecule has 0 saturated heterocycles. The van der Waals surface area contributed by atoms with Crippen molar-refractivity contribution in [3.63, 3.8) is 0 Å². The molecule has 0 fully saturated rings. The number of halogens is 3. The molecule has 3 rings (SSSR count). The Morgan fingerprint density at radius 2 is 1.83 bits per heavy atom. The Kier molecular flexibility index (Phi) is 8.18. The number of carbonyl (C=O) groups is 1. The van der Waals surface area contributed by atoms with Crippen molar-refractivity contribution in [1.29, 1.82) is 0 Å². The number of aryl methyl sites for hydroxylation is 1. The number of hydrogen-bond acceptors (Lipinski definition) is 5.